The lowest BCUT2D eigenvalue weighted by atomic mass is 9.98. The highest BCUT2D eigenvalue weighted by atomic mass is 35.5. The summed E-state index contributed by atoms with van der Waals surface area (Å²) in [6.07, 6.45) is 0.351. The van der Waals surface area contributed by atoms with Gasteiger partial charge >= 0.3 is 0 Å². The highest BCUT2D eigenvalue weighted by Gasteiger charge is 2.13. The van der Waals surface area contributed by atoms with Crippen molar-refractivity contribution in [1.82, 2.24) is 0 Å². The summed E-state index contributed by atoms with van der Waals surface area (Å²) in [5, 5.41) is 0.520. The van der Waals surface area contributed by atoms with Crippen LogP contribution in [-0.2, 0) is 0 Å². The minimum Gasteiger partial charge on any atom is -0.330 e. The molecule has 0 radical (unpaired) electrons. The molecule has 2 nitrogen and oxygen atoms in total. The summed E-state index contributed by atoms with van der Waals surface area (Å²) in [5.41, 5.74) is 8.00. The summed E-state index contributed by atoms with van der Waals surface area (Å²) in [4.78, 5) is 11.7. The van der Waals surface area contributed by atoms with Crippen molar-refractivity contribution in [1.29, 1.82) is 0 Å². The van der Waals surface area contributed by atoms with Gasteiger partial charge in [0.05, 0.1) is 5.02 Å². The summed E-state index contributed by atoms with van der Waals surface area (Å²) >= 11 is 5.97. The van der Waals surface area contributed by atoms with Crippen LogP contribution in [0, 0.1) is 13.8 Å². The molecule has 0 spiro atoms. The standard InChI is InChI=1S/C11H14ClNO/c1-7-3-4-9(12)11(8(7)2)10(14)5-6-13/h3-4H,5-6,13H2,1-2H3. The monoisotopic (exact) mass is 211 g/mol. The second-order valence-corrected chi connectivity index (χ2v) is 3.73. The Morgan fingerprint density at radius 3 is 2.64 bits per heavy atom. The molecule has 3 heteroatoms. The molecule has 0 fully saturated rings. The molecule has 14 heavy (non-hydrogen) atoms. The molecule has 0 aliphatic heterocycles. The number of Topliss-reactive ketones (excluding diaryl/α,β-unsaturated/α-hetero) is 1. The Hall–Kier alpha value is -0.860. The van der Waals surface area contributed by atoms with E-state index >= 15 is 0 Å². The largest absolute Gasteiger partial charge is 0.330 e. The van der Waals surface area contributed by atoms with Gasteiger partial charge in [-0.15, -0.1) is 0 Å². The quantitative estimate of drug-likeness (QED) is 0.781. The zero-order valence-electron chi connectivity index (χ0n) is 8.43. The molecule has 2 N–H and O–H groups in total. The van der Waals surface area contributed by atoms with Crippen LogP contribution in [0.3, 0.4) is 0 Å². The van der Waals surface area contributed by atoms with E-state index in [-0.39, 0.29) is 5.78 Å². The van der Waals surface area contributed by atoms with Crippen molar-refractivity contribution in [3.63, 3.8) is 0 Å². The lowest BCUT2D eigenvalue weighted by molar-refractivity contribution is 0.0985. The van der Waals surface area contributed by atoms with E-state index in [2.05, 4.69) is 0 Å². The molecular formula is C11H14ClNO. The molecule has 0 saturated carbocycles. The number of hydrogen-bond donors (Lipinski definition) is 1. The van der Waals surface area contributed by atoms with Gasteiger partial charge in [-0.25, -0.2) is 0 Å². The normalized spacial score (nSPS) is 10.3. The van der Waals surface area contributed by atoms with Gasteiger partial charge in [0.2, 0.25) is 0 Å². The van der Waals surface area contributed by atoms with Crippen LogP contribution in [0.2, 0.25) is 5.02 Å². The average Bonchev–Trinajstić information content (AvgIpc) is 2.13. The molecule has 1 aromatic rings. The fraction of sp³-hybridized carbons (Fsp3) is 0.364. The van der Waals surface area contributed by atoms with Crippen molar-refractivity contribution in [3.05, 3.63) is 33.8 Å². The topological polar surface area (TPSA) is 43.1 Å². The van der Waals surface area contributed by atoms with Crippen molar-refractivity contribution in [2.24, 2.45) is 5.73 Å². The molecule has 0 bridgehead atoms. The van der Waals surface area contributed by atoms with Gasteiger partial charge in [0.15, 0.2) is 5.78 Å². The lowest BCUT2D eigenvalue weighted by Gasteiger charge is -2.09. The van der Waals surface area contributed by atoms with Crippen LogP contribution in [0.5, 0.6) is 0 Å². The van der Waals surface area contributed by atoms with Crippen LogP contribution in [-0.4, -0.2) is 12.3 Å². The summed E-state index contributed by atoms with van der Waals surface area (Å²) < 4.78 is 0. The first-order valence-electron chi connectivity index (χ1n) is 4.57. The molecule has 1 aromatic carbocycles. The molecule has 0 aliphatic carbocycles. The summed E-state index contributed by atoms with van der Waals surface area (Å²) in [6.45, 7) is 4.23. The Bertz CT molecular complexity index is 361. The minimum absolute atomic E-state index is 0.0266. The van der Waals surface area contributed by atoms with Crippen molar-refractivity contribution in [2.75, 3.05) is 6.54 Å². The number of carbonyl (C=O) groups is 1. The number of hydrogen-bond acceptors (Lipinski definition) is 2. The number of nitrogens with two attached hydrogens (primary N) is 1. The molecule has 0 saturated heterocycles. The molecule has 0 aromatic heterocycles. The first-order valence-corrected chi connectivity index (χ1v) is 4.94. The molecule has 0 unspecified atom stereocenters. The smallest absolute Gasteiger partial charge is 0.165 e. The predicted octanol–water partition coefficient (Wildman–Crippen LogP) is 2.49. The van der Waals surface area contributed by atoms with Crippen molar-refractivity contribution in [3.8, 4) is 0 Å². The van der Waals surface area contributed by atoms with E-state index in [1.54, 1.807) is 6.07 Å². The van der Waals surface area contributed by atoms with E-state index in [4.69, 9.17) is 17.3 Å². The lowest BCUT2D eigenvalue weighted by Crippen LogP contribution is -2.10. The Labute approximate surface area is 89.1 Å². The fourth-order valence-corrected chi connectivity index (χ4v) is 1.69. The molecular weight excluding hydrogens is 198 g/mol. The second-order valence-electron chi connectivity index (χ2n) is 3.33. The Morgan fingerprint density at radius 1 is 1.43 bits per heavy atom. The number of ketones is 1. The molecule has 0 atom stereocenters. The average molecular weight is 212 g/mol. The number of halogens is 1. The number of carbonyl (C=O) groups excluding carboxylic acids is 1. The minimum atomic E-state index is 0.0266. The van der Waals surface area contributed by atoms with Crippen LogP contribution < -0.4 is 5.73 Å². The molecule has 0 aliphatic rings. The van der Waals surface area contributed by atoms with Crippen LogP contribution >= 0.6 is 11.6 Å². The second kappa shape index (κ2) is 4.58. The maximum Gasteiger partial charge on any atom is 0.165 e. The summed E-state index contributed by atoms with van der Waals surface area (Å²) in [6, 6.07) is 3.67. The maximum atomic E-state index is 11.7. The van der Waals surface area contributed by atoms with E-state index in [1.165, 1.54) is 0 Å². The van der Waals surface area contributed by atoms with Crippen LogP contribution in [0.4, 0.5) is 0 Å². The van der Waals surface area contributed by atoms with Crippen LogP contribution in [0.1, 0.15) is 27.9 Å². The van der Waals surface area contributed by atoms with E-state index < -0.39 is 0 Å². The van der Waals surface area contributed by atoms with Gasteiger partial charge in [0.25, 0.3) is 0 Å². The maximum absolute atomic E-state index is 11.7. The van der Waals surface area contributed by atoms with Crippen molar-refractivity contribution in [2.45, 2.75) is 20.3 Å². The van der Waals surface area contributed by atoms with Gasteiger partial charge < -0.3 is 5.73 Å². The third kappa shape index (κ3) is 2.14. The highest BCUT2D eigenvalue weighted by molar-refractivity contribution is 6.34. The van der Waals surface area contributed by atoms with E-state index in [1.807, 2.05) is 19.9 Å². The third-order valence-electron chi connectivity index (χ3n) is 2.34. The Balaban J connectivity index is 3.18. The summed E-state index contributed by atoms with van der Waals surface area (Å²) in [7, 11) is 0. The van der Waals surface area contributed by atoms with Crippen molar-refractivity contribution < 1.29 is 4.79 Å². The molecule has 76 valence electrons. The third-order valence-corrected chi connectivity index (χ3v) is 2.65. The van der Waals surface area contributed by atoms with E-state index in [9.17, 15) is 4.79 Å². The predicted molar refractivity (Wildman–Crippen MR) is 58.9 cm³/mol. The highest BCUT2D eigenvalue weighted by Crippen LogP contribution is 2.23. The molecule has 0 heterocycles. The van der Waals surface area contributed by atoms with Gasteiger partial charge in [0, 0.05) is 12.0 Å². The van der Waals surface area contributed by atoms with Crippen molar-refractivity contribution >= 4 is 17.4 Å². The first kappa shape index (κ1) is 11.2. The first-order chi connectivity index (χ1) is 6.57. The molecule has 0 amide bonds. The zero-order chi connectivity index (χ0) is 10.7. The van der Waals surface area contributed by atoms with E-state index in [0.717, 1.165) is 11.1 Å². The Morgan fingerprint density at radius 2 is 2.07 bits per heavy atom. The van der Waals surface area contributed by atoms with Crippen LogP contribution in [0.25, 0.3) is 0 Å². The van der Waals surface area contributed by atoms with Gasteiger partial charge in [-0.3, -0.25) is 4.79 Å². The number of rotatable bonds is 3. The fourth-order valence-electron chi connectivity index (χ4n) is 1.38. The van der Waals surface area contributed by atoms with Gasteiger partial charge in [-0.2, -0.15) is 0 Å². The van der Waals surface area contributed by atoms with Gasteiger partial charge in [-0.05, 0) is 37.6 Å². The Kier molecular flexibility index (Phi) is 3.67. The number of benzene rings is 1. The van der Waals surface area contributed by atoms with Gasteiger partial charge in [0.1, 0.15) is 0 Å². The van der Waals surface area contributed by atoms with E-state index in [0.29, 0.717) is 23.6 Å². The SMILES string of the molecule is Cc1ccc(Cl)c(C(=O)CCN)c1C. The summed E-state index contributed by atoms with van der Waals surface area (Å²) in [5.74, 6) is 0.0266. The number of aryl methyl sites for hydroxylation is 1. The van der Waals surface area contributed by atoms with Gasteiger partial charge in [-0.1, -0.05) is 17.7 Å². The molecule has 1 rings (SSSR count). The van der Waals surface area contributed by atoms with Crippen LogP contribution in [0.15, 0.2) is 12.1 Å². The zero-order valence-corrected chi connectivity index (χ0v) is 9.19.